The molecule has 0 aromatic heterocycles. The monoisotopic (exact) mass is 319 g/mol. The second-order valence-electron chi connectivity index (χ2n) is 7.38. The van der Waals surface area contributed by atoms with Gasteiger partial charge in [-0.25, -0.2) is 0 Å². The first-order valence-corrected chi connectivity index (χ1v) is 8.42. The molecule has 0 heterocycles. The van der Waals surface area contributed by atoms with Crippen LogP contribution in [0.3, 0.4) is 0 Å². The number of rotatable bonds is 3. The normalized spacial score (nSPS) is 36.2. The summed E-state index contributed by atoms with van der Waals surface area (Å²) in [5.74, 6) is 2.58. The smallest absolute Gasteiger partial charge is 0.0701 e. The van der Waals surface area contributed by atoms with Gasteiger partial charge in [0.25, 0.3) is 0 Å². The highest BCUT2D eigenvalue weighted by Gasteiger charge is 2.50. The van der Waals surface area contributed by atoms with E-state index in [1.54, 1.807) is 12.1 Å². The Morgan fingerprint density at radius 1 is 1.18 bits per heavy atom. The summed E-state index contributed by atoms with van der Waals surface area (Å²) in [5, 5.41) is 20.2. The number of hydrogen-bond donors (Lipinski definition) is 1. The highest BCUT2D eigenvalue weighted by atomic mass is 35.5. The van der Waals surface area contributed by atoms with E-state index in [-0.39, 0.29) is 21.5 Å². The molecule has 0 unspecified atom stereocenters. The number of benzene rings is 1. The van der Waals surface area contributed by atoms with Crippen molar-refractivity contribution >= 4 is 23.5 Å². The Kier molecular flexibility index (Phi) is 3.44. The molecule has 118 valence electrons. The lowest BCUT2D eigenvalue weighted by molar-refractivity contribution is 0.00195. The zero-order valence-electron chi connectivity index (χ0n) is 12.4. The van der Waals surface area contributed by atoms with Crippen molar-refractivity contribution in [1.29, 1.82) is 0 Å². The van der Waals surface area contributed by atoms with Crippen molar-refractivity contribution in [3.63, 3.8) is 0 Å². The molecule has 0 saturated heterocycles. The molecule has 0 amide bonds. The number of nitrogens with zero attached hydrogens (tertiary/aromatic N) is 2. The third-order valence-corrected chi connectivity index (χ3v) is 5.99. The van der Waals surface area contributed by atoms with Crippen LogP contribution in [0.1, 0.15) is 44.1 Å². The molecule has 0 aliphatic heterocycles. The topological polar surface area (TPSA) is 58.9 Å². The van der Waals surface area contributed by atoms with Gasteiger partial charge in [0.15, 0.2) is 0 Å². The molecular formula is C17H20ClN2O2-. The molecule has 4 aliphatic rings. The maximum atomic E-state index is 11.1. The summed E-state index contributed by atoms with van der Waals surface area (Å²) in [5.41, 5.74) is 0.992. The second kappa shape index (κ2) is 5.22. The fourth-order valence-electron chi connectivity index (χ4n) is 5.19. The molecule has 5 heteroatoms. The summed E-state index contributed by atoms with van der Waals surface area (Å²) in [6.07, 6.45) is 9.69. The number of hydrogen-bond acceptors (Lipinski definition) is 4. The zero-order valence-corrected chi connectivity index (χ0v) is 13.2. The van der Waals surface area contributed by atoms with E-state index in [1.165, 1.54) is 38.5 Å². The van der Waals surface area contributed by atoms with Crippen LogP contribution >= 0.6 is 11.6 Å². The zero-order chi connectivity index (χ0) is 15.3. The summed E-state index contributed by atoms with van der Waals surface area (Å²) < 4.78 is 0. The van der Waals surface area contributed by atoms with E-state index < -0.39 is 0 Å². The number of aliphatic imine (C=N–C) groups is 1. The molecule has 0 radical (unpaired) electrons. The molecule has 0 atom stereocenters. The third-order valence-electron chi connectivity index (χ3n) is 5.67. The quantitative estimate of drug-likeness (QED) is 0.662. The molecule has 1 N–H and O–H groups in total. The van der Waals surface area contributed by atoms with Gasteiger partial charge >= 0.3 is 0 Å². The Hall–Kier alpha value is -1.10. The predicted molar refractivity (Wildman–Crippen MR) is 87.6 cm³/mol. The second-order valence-corrected chi connectivity index (χ2v) is 7.79. The Balaban J connectivity index is 1.58. The van der Waals surface area contributed by atoms with Crippen molar-refractivity contribution in [1.82, 2.24) is 0 Å². The number of anilines is 1. The van der Waals surface area contributed by atoms with E-state index in [9.17, 15) is 5.21 Å². The molecule has 4 aliphatic carbocycles. The average molecular weight is 320 g/mol. The molecule has 1 aromatic rings. The standard InChI is InChI=1S/C17H20ClN2O2/c18-15-2-1-11(6-16(15)20(21)22)10-19-17-7-12-3-13(8-17)5-14(4-12)9-17/h1-2,6,10,12-14,21H,3-5,7-9H2/q-1. The van der Waals surface area contributed by atoms with E-state index in [2.05, 4.69) is 0 Å². The van der Waals surface area contributed by atoms with Gasteiger partial charge in [-0.2, -0.15) is 0 Å². The molecule has 22 heavy (non-hydrogen) atoms. The average Bonchev–Trinajstić information content (AvgIpc) is 2.44. The van der Waals surface area contributed by atoms with Crippen LogP contribution in [0.5, 0.6) is 0 Å². The van der Waals surface area contributed by atoms with Crippen molar-refractivity contribution in [2.45, 2.75) is 44.1 Å². The summed E-state index contributed by atoms with van der Waals surface area (Å²) in [6.45, 7) is 0. The van der Waals surface area contributed by atoms with E-state index in [0.29, 0.717) is 0 Å². The van der Waals surface area contributed by atoms with Gasteiger partial charge in [-0.15, -0.1) is 0 Å². The summed E-state index contributed by atoms with van der Waals surface area (Å²) in [4.78, 5) is 4.95. The summed E-state index contributed by atoms with van der Waals surface area (Å²) >= 11 is 5.90. The number of halogens is 1. The maximum absolute atomic E-state index is 11.1. The molecule has 0 spiro atoms. The van der Waals surface area contributed by atoms with Gasteiger partial charge in [-0.1, -0.05) is 17.7 Å². The first kappa shape index (κ1) is 14.5. The van der Waals surface area contributed by atoms with Crippen LogP contribution in [-0.2, 0) is 0 Å². The predicted octanol–water partition coefficient (Wildman–Crippen LogP) is 4.42. The van der Waals surface area contributed by atoms with Crippen molar-refractivity contribution in [3.05, 3.63) is 34.0 Å². The van der Waals surface area contributed by atoms with E-state index in [4.69, 9.17) is 21.8 Å². The van der Waals surface area contributed by atoms with Crippen LogP contribution < -0.4 is 5.23 Å². The van der Waals surface area contributed by atoms with E-state index in [1.807, 2.05) is 12.3 Å². The molecule has 4 fully saturated rings. The lowest BCUT2D eigenvalue weighted by atomic mass is 9.53. The third kappa shape index (κ3) is 2.53. The Labute approximate surface area is 135 Å². The van der Waals surface area contributed by atoms with Crippen LogP contribution in [-0.4, -0.2) is 17.0 Å². The lowest BCUT2D eigenvalue weighted by Gasteiger charge is -2.55. The van der Waals surface area contributed by atoms with Crippen molar-refractivity contribution in [2.24, 2.45) is 22.7 Å². The molecule has 1 aromatic carbocycles. The minimum Gasteiger partial charge on any atom is -0.733 e. The van der Waals surface area contributed by atoms with Gasteiger partial charge in [-0.3, -0.25) is 10.2 Å². The highest BCUT2D eigenvalue weighted by molar-refractivity contribution is 6.33. The summed E-state index contributed by atoms with van der Waals surface area (Å²) in [7, 11) is 0. The van der Waals surface area contributed by atoms with Gasteiger partial charge in [0.1, 0.15) is 0 Å². The molecular weight excluding hydrogens is 300 g/mol. The van der Waals surface area contributed by atoms with Gasteiger partial charge in [0, 0.05) is 6.21 Å². The van der Waals surface area contributed by atoms with Gasteiger partial charge in [-0.05, 0) is 74.0 Å². The minimum atomic E-state index is -0.190. The maximum Gasteiger partial charge on any atom is 0.0701 e. The summed E-state index contributed by atoms with van der Waals surface area (Å²) in [6, 6.07) is 5.04. The largest absolute Gasteiger partial charge is 0.733 e. The lowest BCUT2D eigenvalue weighted by Crippen LogP contribution is -2.49. The van der Waals surface area contributed by atoms with Crippen molar-refractivity contribution < 1.29 is 5.21 Å². The van der Waals surface area contributed by atoms with Crippen LogP contribution in [0.2, 0.25) is 5.02 Å². The SMILES string of the molecule is [O-]N(O)c1cc(C=NC23CC4CC(CC(C4)C2)C3)ccc1Cl. The fourth-order valence-corrected chi connectivity index (χ4v) is 5.38. The minimum absolute atomic E-state index is 0.0659. The molecule has 4 saturated carbocycles. The van der Waals surface area contributed by atoms with Gasteiger partial charge < -0.3 is 10.4 Å². The fraction of sp³-hybridized carbons (Fsp3) is 0.588. The van der Waals surface area contributed by atoms with Crippen molar-refractivity contribution in [2.75, 3.05) is 5.23 Å². The van der Waals surface area contributed by atoms with Crippen LogP contribution in [0, 0.1) is 23.0 Å². The highest BCUT2D eigenvalue weighted by Crippen LogP contribution is 2.57. The molecule has 4 bridgehead atoms. The van der Waals surface area contributed by atoms with Crippen LogP contribution in [0.15, 0.2) is 23.2 Å². The van der Waals surface area contributed by atoms with Gasteiger partial charge in [0.05, 0.1) is 16.2 Å². The van der Waals surface area contributed by atoms with Gasteiger partial charge in [0.2, 0.25) is 0 Å². The van der Waals surface area contributed by atoms with Crippen LogP contribution in [0.25, 0.3) is 0 Å². The van der Waals surface area contributed by atoms with Crippen molar-refractivity contribution in [3.8, 4) is 0 Å². The molecule has 5 rings (SSSR count). The Bertz CT molecular complexity index is 579. The Morgan fingerprint density at radius 2 is 1.77 bits per heavy atom. The Morgan fingerprint density at radius 3 is 2.32 bits per heavy atom. The molecule has 4 nitrogen and oxygen atoms in total. The van der Waals surface area contributed by atoms with E-state index >= 15 is 0 Å². The van der Waals surface area contributed by atoms with Crippen LogP contribution in [0.4, 0.5) is 5.69 Å². The van der Waals surface area contributed by atoms with E-state index in [0.717, 1.165) is 23.3 Å². The first-order chi connectivity index (χ1) is 10.5. The first-order valence-electron chi connectivity index (χ1n) is 8.04.